The number of carbonyl (C=O) groups excluding carboxylic acids is 2. The molecule has 37 heavy (non-hydrogen) atoms. The van der Waals surface area contributed by atoms with Gasteiger partial charge < -0.3 is 15.4 Å². The molecule has 2 aliphatic carbocycles. The Morgan fingerprint density at radius 1 is 1.19 bits per heavy atom. The van der Waals surface area contributed by atoms with Gasteiger partial charge in [-0.2, -0.15) is 0 Å². The van der Waals surface area contributed by atoms with Gasteiger partial charge in [-0.1, -0.05) is 6.07 Å². The largest absolute Gasteiger partial charge is 0.384 e. The molecule has 2 saturated carbocycles. The molecule has 11 heteroatoms. The summed E-state index contributed by atoms with van der Waals surface area (Å²) in [5.74, 6) is -0.869. The summed E-state index contributed by atoms with van der Waals surface area (Å²) in [6.07, 6.45) is 6.09. The zero-order valence-electron chi connectivity index (χ0n) is 20.8. The number of hydrogen-bond acceptors (Lipinski definition) is 8. The molecular formula is C26H30N4O5S2. The SMILES string of the molecule is COCCS(=O)(=O)C(C(=O)NCC(=O)NC1CC1)c1nc2cc(C)c(-c3ccc(C4CC4)nc3)cc2s1. The van der Waals surface area contributed by atoms with Gasteiger partial charge in [0.1, 0.15) is 5.01 Å². The number of thiazole rings is 1. The minimum absolute atomic E-state index is 0.0493. The van der Waals surface area contributed by atoms with Crippen LogP contribution >= 0.6 is 11.3 Å². The van der Waals surface area contributed by atoms with Crippen LogP contribution in [0.15, 0.2) is 30.5 Å². The summed E-state index contributed by atoms with van der Waals surface area (Å²) >= 11 is 1.17. The number of aromatic nitrogens is 2. The third kappa shape index (κ3) is 6.00. The third-order valence-electron chi connectivity index (χ3n) is 6.60. The van der Waals surface area contributed by atoms with Gasteiger partial charge in [0, 0.05) is 36.5 Å². The predicted octanol–water partition coefficient (Wildman–Crippen LogP) is 3.04. The quantitative estimate of drug-likeness (QED) is 0.381. The van der Waals surface area contributed by atoms with Crippen LogP contribution in [0.1, 0.15) is 53.1 Å². The normalized spacial score (nSPS) is 16.5. The number of methoxy groups -OCH3 is 1. The maximum atomic E-state index is 13.2. The highest BCUT2D eigenvalue weighted by atomic mass is 32.2. The zero-order chi connectivity index (χ0) is 26.2. The Kier molecular flexibility index (Phi) is 7.28. The predicted molar refractivity (Wildman–Crippen MR) is 142 cm³/mol. The first-order valence-corrected chi connectivity index (χ1v) is 14.9. The minimum Gasteiger partial charge on any atom is -0.384 e. The molecule has 3 aromatic rings. The number of pyridine rings is 1. The van der Waals surface area contributed by atoms with Gasteiger partial charge in [-0.3, -0.25) is 14.6 Å². The van der Waals surface area contributed by atoms with Gasteiger partial charge in [-0.05, 0) is 61.9 Å². The van der Waals surface area contributed by atoms with E-state index in [9.17, 15) is 18.0 Å². The van der Waals surface area contributed by atoms with Gasteiger partial charge >= 0.3 is 0 Å². The van der Waals surface area contributed by atoms with E-state index >= 15 is 0 Å². The second kappa shape index (κ2) is 10.5. The second-order valence-electron chi connectivity index (χ2n) is 9.73. The smallest absolute Gasteiger partial charge is 0.245 e. The average molecular weight is 543 g/mol. The Bertz CT molecular complexity index is 1430. The Labute approximate surface area is 220 Å². The van der Waals surface area contributed by atoms with Crippen LogP contribution in [-0.2, 0) is 24.2 Å². The van der Waals surface area contributed by atoms with Crippen molar-refractivity contribution in [1.82, 2.24) is 20.6 Å². The van der Waals surface area contributed by atoms with Crippen molar-refractivity contribution in [2.24, 2.45) is 0 Å². The van der Waals surface area contributed by atoms with Crippen LogP contribution in [-0.4, -0.2) is 62.3 Å². The van der Waals surface area contributed by atoms with Gasteiger partial charge in [0.25, 0.3) is 0 Å². The summed E-state index contributed by atoms with van der Waals surface area (Å²) in [6, 6.07) is 8.15. The summed E-state index contributed by atoms with van der Waals surface area (Å²) in [7, 11) is -2.55. The van der Waals surface area contributed by atoms with Gasteiger partial charge in [0.15, 0.2) is 15.1 Å². The van der Waals surface area contributed by atoms with Crippen LogP contribution < -0.4 is 10.6 Å². The Balaban J connectivity index is 1.44. The number of sulfone groups is 1. The molecule has 1 unspecified atom stereocenters. The molecule has 5 rings (SSSR count). The third-order valence-corrected chi connectivity index (χ3v) is 9.73. The Hall–Kier alpha value is -2.89. The van der Waals surface area contributed by atoms with Crippen LogP contribution in [0.25, 0.3) is 21.3 Å². The molecule has 0 saturated heterocycles. The number of fused-ring (bicyclic) bond motifs is 1. The van der Waals surface area contributed by atoms with Crippen LogP contribution in [0.2, 0.25) is 0 Å². The van der Waals surface area contributed by atoms with Crippen molar-refractivity contribution in [1.29, 1.82) is 0 Å². The number of rotatable bonds is 11. The summed E-state index contributed by atoms with van der Waals surface area (Å²) in [5.41, 5.74) is 4.67. The first-order valence-electron chi connectivity index (χ1n) is 12.4. The fourth-order valence-corrected chi connectivity index (χ4v) is 7.17. The summed E-state index contributed by atoms with van der Waals surface area (Å²) in [6.45, 7) is 1.64. The molecule has 1 atom stereocenters. The summed E-state index contributed by atoms with van der Waals surface area (Å²) in [5, 5.41) is 3.92. The number of aryl methyl sites for hydroxylation is 1. The monoisotopic (exact) mass is 542 g/mol. The number of nitrogens with zero attached hydrogens (tertiary/aromatic N) is 2. The fraction of sp³-hybridized carbons (Fsp3) is 0.462. The van der Waals surface area contributed by atoms with E-state index in [4.69, 9.17) is 4.74 Å². The summed E-state index contributed by atoms with van der Waals surface area (Å²) in [4.78, 5) is 34.4. The van der Waals surface area contributed by atoms with E-state index in [0.717, 1.165) is 39.9 Å². The van der Waals surface area contributed by atoms with Gasteiger partial charge in [0.05, 0.1) is 29.1 Å². The van der Waals surface area contributed by atoms with E-state index in [-0.39, 0.29) is 35.9 Å². The lowest BCUT2D eigenvalue weighted by Gasteiger charge is -2.15. The maximum absolute atomic E-state index is 13.2. The number of carbonyl (C=O) groups is 2. The lowest BCUT2D eigenvalue weighted by molar-refractivity contribution is -0.126. The average Bonchev–Trinajstić information content (AvgIpc) is 3.80. The van der Waals surface area contributed by atoms with Crippen molar-refractivity contribution in [2.75, 3.05) is 26.0 Å². The van der Waals surface area contributed by atoms with E-state index in [1.54, 1.807) is 0 Å². The van der Waals surface area contributed by atoms with Crippen molar-refractivity contribution >= 4 is 43.2 Å². The summed E-state index contributed by atoms with van der Waals surface area (Å²) < 4.78 is 32.1. The highest BCUT2D eigenvalue weighted by molar-refractivity contribution is 7.92. The highest BCUT2D eigenvalue weighted by Gasteiger charge is 2.37. The van der Waals surface area contributed by atoms with E-state index < -0.39 is 21.0 Å². The first kappa shape index (κ1) is 25.7. The van der Waals surface area contributed by atoms with Crippen LogP contribution in [0.3, 0.4) is 0 Å². The molecule has 196 valence electrons. The number of nitrogens with one attached hydrogen (secondary N) is 2. The molecule has 2 aliphatic rings. The Morgan fingerprint density at radius 2 is 1.97 bits per heavy atom. The molecule has 1 aromatic carbocycles. The number of ether oxygens (including phenoxy) is 1. The second-order valence-corrected chi connectivity index (χ2v) is 13.0. The molecule has 0 aliphatic heterocycles. The molecule has 2 fully saturated rings. The molecule has 2 amide bonds. The van der Waals surface area contributed by atoms with Gasteiger partial charge in [0.2, 0.25) is 11.8 Å². The topological polar surface area (TPSA) is 127 Å². The van der Waals surface area contributed by atoms with Crippen molar-refractivity contribution in [2.45, 2.75) is 49.8 Å². The molecule has 2 aromatic heterocycles. The molecule has 9 nitrogen and oxygen atoms in total. The molecule has 2 N–H and O–H groups in total. The Morgan fingerprint density at radius 3 is 2.62 bits per heavy atom. The fourth-order valence-electron chi connectivity index (χ4n) is 4.22. The zero-order valence-corrected chi connectivity index (χ0v) is 22.5. The number of benzene rings is 1. The van der Waals surface area contributed by atoms with E-state index in [2.05, 4.69) is 32.7 Å². The lowest BCUT2D eigenvalue weighted by Crippen LogP contribution is -2.41. The molecular weight excluding hydrogens is 512 g/mol. The number of hydrogen-bond donors (Lipinski definition) is 2. The van der Waals surface area contributed by atoms with Crippen LogP contribution in [0.4, 0.5) is 0 Å². The molecule has 0 bridgehead atoms. The molecule has 2 heterocycles. The van der Waals surface area contributed by atoms with Crippen molar-refractivity contribution < 1.29 is 22.7 Å². The van der Waals surface area contributed by atoms with Crippen molar-refractivity contribution in [3.05, 3.63) is 46.7 Å². The highest BCUT2D eigenvalue weighted by Crippen LogP contribution is 2.40. The maximum Gasteiger partial charge on any atom is 0.245 e. The molecule has 0 spiro atoms. The van der Waals surface area contributed by atoms with E-state index in [1.165, 1.54) is 31.3 Å². The lowest BCUT2D eigenvalue weighted by atomic mass is 10.0. The van der Waals surface area contributed by atoms with Crippen molar-refractivity contribution in [3.8, 4) is 11.1 Å². The van der Waals surface area contributed by atoms with Gasteiger partial charge in [-0.15, -0.1) is 11.3 Å². The molecule has 0 radical (unpaired) electrons. The van der Waals surface area contributed by atoms with E-state index in [1.807, 2.05) is 25.3 Å². The standard InChI is InChI=1S/C26H30N4O5S2/c1-15-11-21-22(12-19(15)17-5-8-20(27-13-17)16-3-4-16)36-26(30-21)24(37(33,34)10-9-35-2)25(32)28-14-23(31)29-18-6-7-18/h5,8,11-13,16,18,24H,3-4,6-7,9-10,14H2,1-2H3,(H,28,32)(H,29,31). The van der Waals surface area contributed by atoms with Crippen molar-refractivity contribution in [3.63, 3.8) is 0 Å². The van der Waals surface area contributed by atoms with E-state index in [0.29, 0.717) is 11.4 Å². The first-order chi connectivity index (χ1) is 17.7. The van der Waals surface area contributed by atoms with Crippen LogP contribution in [0, 0.1) is 6.92 Å². The number of amides is 2. The van der Waals surface area contributed by atoms with Crippen LogP contribution in [0.5, 0.6) is 0 Å². The minimum atomic E-state index is -3.95. The van der Waals surface area contributed by atoms with Gasteiger partial charge in [-0.25, -0.2) is 13.4 Å².